The number of carbonyl (C=O) groups excluding carboxylic acids is 1. The zero-order valence-electron chi connectivity index (χ0n) is 11.3. The summed E-state index contributed by atoms with van der Waals surface area (Å²) in [6.45, 7) is 2.04. The lowest BCUT2D eigenvalue weighted by Crippen LogP contribution is -2.03. The summed E-state index contributed by atoms with van der Waals surface area (Å²) >= 11 is 0. The molecule has 2 aromatic carbocycles. The molecule has 0 aliphatic heterocycles. The van der Waals surface area contributed by atoms with Gasteiger partial charge in [0.2, 0.25) is 0 Å². The number of Topliss-reactive ketones (excluding diaryl/α,β-unsaturated/α-hetero) is 1. The largest absolute Gasteiger partial charge is 0.294 e. The van der Waals surface area contributed by atoms with Gasteiger partial charge >= 0.3 is 0 Å². The van der Waals surface area contributed by atoms with Crippen molar-refractivity contribution in [1.82, 2.24) is 4.98 Å². The molecule has 0 saturated heterocycles. The van der Waals surface area contributed by atoms with E-state index in [0.29, 0.717) is 6.42 Å². The number of aryl methyl sites for hydroxylation is 1. The first-order chi connectivity index (χ1) is 9.72. The molecular formula is C18H15NO. The maximum Gasteiger partial charge on any atom is 0.167 e. The van der Waals surface area contributed by atoms with Crippen molar-refractivity contribution in [3.8, 4) is 0 Å². The molecule has 0 radical (unpaired) electrons. The van der Waals surface area contributed by atoms with Gasteiger partial charge < -0.3 is 0 Å². The fourth-order valence-corrected chi connectivity index (χ4v) is 2.35. The Morgan fingerprint density at radius 1 is 1.05 bits per heavy atom. The van der Waals surface area contributed by atoms with Gasteiger partial charge in [-0.25, -0.2) is 0 Å². The van der Waals surface area contributed by atoms with Crippen LogP contribution in [0.1, 0.15) is 21.5 Å². The molecule has 0 N–H and O–H groups in total. The first-order valence-electron chi connectivity index (χ1n) is 6.66. The third-order valence-electron chi connectivity index (χ3n) is 3.38. The zero-order chi connectivity index (χ0) is 13.9. The molecule has 0 unspecified atom stereocenters. The Labute approximate surface area is 118 Å². The van der Waals surface area contributed by atoms with Gasteiger partial charge in [-0.3, -0.25) is 9.78 Å². The number of rotatable bonds is 3. The van der Waals surface area contributed by atoms with Crippen LogP contribution in [0.5, 0.6) is 0 Å². The van der Waals surface area contributed by atoms with Crippen molar-refractivity contribution in [2.45, 2.75) is 13.3 Å². The Hall–Kier alpha value is -2.48. The summed E-state index contributed by atoms with van der Waals surface area (Å²) in [5.41, 5.74) is 3.81. The normalized spacial score (nSPS) is 10.7. The van der Waals surface area contributed by atoms with Crippen molar-refractivity contribution in [2.75, 3.05) is 0 Å². The summed E-state index contributed by atoms with van der Waals surface area (Å²) in [5, 5.41) is 1.06. The first-order valence-corrected chi connectivity index (χ1v) is 6.66. The van der Waals surface area contributed by atoms with Crippen molar-refractivity contribution in [1.29, 1.82) is 0 Å². The molecule has 3 rings (SSSR count). The van der Waals surface area contributed by atoms with E-state index in [0.717, 1.165) is 22.0 Å². The summed E-state index contributed by atoms with van der Waals surface area (Å²) in [6, 6.07) is 17.7. The van der Waals surface area contributed by atoms with Crippen LogP contribution in [0.15, 0.2) is 60.8 Å². The van der Waals surface area contributed by atoms with Gasteiger partial charge in [0, 0.05) is 23.6 Å². The lowest BCUT2D eigenvalue weighted by Gasteiger charge is -2.04. The Balaban J connectivity index is 1.88. The molecule has 0 saturated carbocycles. The van der Waals surface area contributed by atoms with Crippen LogP contribution < -0.4 is 0 Å². The number of benzene rings is 2. The maximum atomic E-state index is 12.3. The monoisotopic (exact) mass is 261 g/mol. The molecule has 20 heavy (non-hydrogen) atoms. The minimum atomic E-state index is 0.128. The van der Waals surface area contributed by atoms with Gasteiger partial charge in [-0.2, -0.15) is 0 Å². The predicted octanol–water partition coefficient (Wildman–Crippen LogP) is 3.97. The van der Waals surface area contributed by atoms with Gasteiger partial charge in [-0.1, -0.05) is 48.0 Å². The lowest BCUT2D eigenvalue weighted by atomic mass is 10.0. The van der Waals surface area contributed by atoms with E-state index >= 15 is 0 Å². The SMILES string of the molecule is Cc1cccc(CC(=O)c2ccc3cccnc3c2)c1. The molecule has 0 amide bonds. The van der Waals surface area contributed by atoms with E-state index in [4.69, 9.17) is 0 Å². The molecule has 0 aliphatic rings. The van der Waals surface area contributed by atoms with Gasteiger partial charge in [0.1, 0.15) is 0 Å². The van der Waals surface area contributed by atoms with Crippen LogP contribution >= 0.6 is 0 Å². The molecule has 0 spiro atoms. The highest BCUT2D eigenvalue weighted by Gasteiger charge is 2.08. The standard InChI is InChI=1S/C18H15NO/c1-13-4-2-5-14(10-13)11-18(20)16-8-7-15-6-3-9-19-17(15)12-16/h2-10,12H,11H2,1H3. The van der Waals surface area contributed by atoms with E-state index in [9.17, 15) is 4.79 Å². The highest BCUT2D eigenvalue weighted by Crippen LogP contribution is 2.15. The number of carbonyl (C=O) groups is 1. The number of hydrogen-bond donors (Lipinski definition) is 0. The fourth-order valence-electron chi connectivity index (χ4n) is 2.35. The van der Waals surface area contributed by atoms with E-state index < -0.39 is 0 Å². The molecule has 0 fully saturated rings. The van der Waals surface area contributed by atoms with Gasteiger partial charge in [0.05, 0.1) is 5.52 Å². The van der Waals surface area contributed by atoms with Crippen molar-refractivity contribution >= 4 is 16.7 Å². The lowest BCUT2D eigenvalue weighted by molar-refractivity contribution is 0.0993. The fraction of sp³-hybridized carbons (Fsp3) is 0.111. The molecule has 2 nitrogen and oxygen atoms in total. The van der Waals surface area contributed by atoms with Crippen LogP contribution in [0.25, 0.3) is 10.9 Å². The van der Waals surface area contributed by atoms with Crippen LogP contribution in [0.4, 0.5) is 0 Å². The molecule has 2 heteroatoms. The van der Waals surface area contributed by atoms with Crippen LogP contribution in [0.2, 0.25) is 0 Å². The second kappa shape index (κ2) is 5.25. The van der Waals surface area contributed by atoms with Gasteiger partial charge in [-0.15, -0.1) is 0 Å². The Morgan fingerprint density at radius 3 is 2.80 bits per heavy atom. The van der Waals surface area contributed by atoms with E-state index in [2.05, 4.69) is 11.1 Å². The van der Waals surface area contributed by atoms with Crippen LogP contribution in [-0.2, 0) is 6.42 Å². The molecule has 1 aromatic heterocycles. The second-order valence-electron chi connectivity index (χ2n) is 5.00. The van der Waals surface area contributed by atoms with E-state index in [1.54, 1.807) is 6.20 Å². The summed E-state index contributed by atoms with van der Waals surface area (Å²) in [4.78, 5) is 16.6. The number of hydrogen-bond acceptors (Lipinski definition) is 2. The minimum Gasteiger partial charge on any atom is -0.294 e. The van der Waals surface area contributed by atoms with Crippen LogP contribution in [0, 0.1) is 6.92 Å². The molecule has 0 aliphatic carbocycles. The van der Waals surface area contributed by atoms with Crippen LogP contribution in [-0.4, -0.2) is 10.8 Å². The highest BCUT2D eigenvalue weighted by molar-refractivity contribution is 6.00. The number of aromatic nitrogens is 1. The number of ketones is 1. The van der Waals surface area contributed by atoms with Gasteiger partial charge in [0.25, 0.3) is 0 Å². The number of nitrogens with zero attached hydrogens (tertiary/aromatic N) is 1. The average Bonchev–Trinajstić information content (AvgIpc) is 2.47. The zero-order valence-corrected chi connectivity index (χ0v) is 11.3. The van der Waals surface area contributed by atoms with E-state index in [1.165, 1.54) is 5.56 Å². The van der Waals surface area contributed by atoms with Crippen LogP contribution in [0.3, 0.4) is 0 Å². The molecule has 0 bridgehead atoms. The Bertz CT molecular complexity index is 777. The minimum absolute atomic E-state index is 0.128. The van der Waals surface area contributed by atoms with Crippen molar-refractivity contribution < 1.29 is 4.79 Å². The van der Waals surface area contributed by atoms with Gasteiger partial charge in [-0.05, 0) is 24.6 Å². The third kappa shape index (κ3) is 2.59. The Kier molecular flexibility index (Phi) is 3.30. The second-order valence-corrected chi connectivity index (χ2v) is 5.00. The average molecular weight is 261 g/mol. The quantitative estimate of drug-likeness (QED) is 0.668. The molecule has 98 valence electrons. The number of fused-ring (bicyclic) bond motifs is 1. The molecule has 0 atom stereocenters. The summed E-state index contributed by atoms with van der Waals surface area (Å²) in [6.07, 6.45) is 2.18. The summed E-state index contributed by atoms with van der Waals surface area (Å²) in [5.74, 6) is 0.128. The highest BCUT2D eigenvalue weighted by atomic mass is 16.1. The molecule has 3 aromatic rings. The third-order valence-corrected chi connectivity index (χ3v) is 3.38. The van der Waals surface area contributed by atoms with E-state index in [-0.39, 0.29) is 5.78 Å². The first kappa shape index (κ1) is 12.5. The Morgan fingerprint density at radius 2 is 1.95 bits per heavy atom. The van der Waals surface area contributed by atoms with Crippen molar-refractivity contribution in [3.05, 3.63) is 77.5 Å². The number of pyridine rings is 1. The predicted molar refractivity (Wildman–Crippen MR) is 81.0 cm³/mol. The summed E-state index contributed by atoms with van der Waals surface area (Å²) in [7, 11) is 0. The molecule has 1 heterocycles. The van der Waals surface area contributed by atoms with Gasteiger partial charge in [0.15, 0.2) is 5.78 Å². The molecular weight excluding hydrogens is 246 g/mol. The maximum absolute atomic E-state index is 12.3. The van der Waals surface area contributed by atoms with E-state index in [1.807, 2.05) is 55.5 Å². The smallest absolute Gasteiger partial charge is 0.167 e. The topological polar surface area (TPSA) is 30.0 Å². The van der Waals surface area contributed by atoms with Crippen molar-refractivity contribution in [2.24, 2.45) is 0 Å². The van der Waals surface area contributed by atoms with Crippen molar-refractivity contribution in [3.63, 3.8) is 0 Å². The summed E-state index contributed by atoms with van der Waals surface area (Å²) < 4.78 is 0.